The summed E-state index contributed by atoms with van der Waals surface area (Å²) in [6.07, 6.45) is 13.2. The van der Waals surface area contributed by atoms with Crippen molar-refractivity contribution < 1.29 is 4.74 Å². The minimum Gasteiger partial charge on any atom is -0.469 e. The second kappa shape index (κ2) is 6.40. The van der Waals surface area contributed by atoms with Crippen LogP contribution in [-0.2, 0) is 6.42 Å². The summed E-state index contributed by atoms with van der Waals surface area (Å²) in [4.78, 5) is 11.3. The fourth-order valence-electron chi connectivity index (χ4n) is 4.65. The van der Waals surface area contributed by atoms with E-state index in [0.29, 0.717) is 5.92 Å². The highest BCUT2D eigenvalue weighted by Gasteiger charge is 2.52. The first-order valence-electron chi connectivity index (χ1n) is 9.51. The van der Waals surface area contributed by atoms with Crippen molar-refractivity contribution in [3.05, 3.63) is 54.0 Å². The van der Waals surface area contributed by atoms with E-state index in [1.165, 1.54) is 31.5 Å². The Bertz CT molecular complexity index is 814. The first kappa shape index (κ1) is 15.8. The van der Waals surface area contributed by atoms with Crippen LogP contribution in [0.25, 0.3) is 6.08 Å². The molecule has 0 radical (unpaired) electrons. The van der Waals surface area contributed by atoms with Gasteiger partial charge in [0.2, 0.25) is 5.88 Å². The number of anilines is 1. The lowest BCUT2D eigenvalue weighted by molar-refractivity contribution is -0.0814. The minimum atomic E-state index is -0.0231. The molecular formula is C21H24N4O. The zero-order chi connectivity index (χ0) is 17.4. The number of nitrogens with one attached hydrogen (secondary N) is 1. The molecule has 6 rings (SSSR count). The minimum absolute atomic E-state index is 0.0231. The second-order valence-electron chi connectivity index (χ2n) is 7.65. The van der Waals surface area contributed by atoms with E-state index in [1.807, 2.05) is 24.5 Å². The number of piperidine rings is 3. The SMILES string of the molecule is C(=C\c1cccnc1)/CNc1cnc2c(c1)C[C@@]1(CN3CCC1CC3)O2. The molecule has 0 unspecified atom stereocenters. The van der Waals surface area contributed by atoms with Crippen molar-refractivity contribution in [2.24, 2.45) is 5.92 Å². The third-order valence-corrected chi connectivity index (χ3v) is 5.96. The highest BCUT2D eigenvalue weighted by Crippen LogP contribution is 2.46. The number of fused-ring (bicyclic) bond motifs is 3. The summed E-state index contributed by atoms with van der Waals surface area (Å²) in [6, 6.07) is 6.21. The van der Waals surface area contributed by atoms with Crippen LogP contribution < -0.4 is 10.1 Å². The van der Waals surface area contributed by atoms with Gasteiger partial charge < -0.3 is 10.1 Å². The van der Waals surface area contributed by atoms with Crippen LogP contribution in [0.2, 0.25) is 0 Å². The predicted molar refractivity (Wildman–Crippen MR) is 102 cm³/mol. The highest BCUT2D eigenvalue weighted by atomic mass is 16.5. The van der Waals surface area contributed by atoms with Crippen LogP contribution in [0, 0.1) is 5.92 Å². The van der Waals surface area contributed by atoms with Crippen LogP contribution in [0.5, 0.6) is 5.88 Å². The summed E-state index contributed by atoms with van der Waals surface area (Å²) in [5.74, 6) is 1.52. The van der Waals surface area contributed by atoms with Gasteiger partial charge in [-0.25, -0.2) is 4.98 Å². The van der Waals surface area contributed by atoms with Crippen molar-refractivity contribution in [1.29, 1.82) is 0 Å². The summed E-state index contributed by atoms with van der Waals surface area (Å²) in [6.45, 7) is 4.29. The maximum Gasteiger partial charge on any atom is 0.217 e. The average Bonchev–Trinajstić information content (AvgIpc) is 3.03. The zero-order valence-electron chi connectivity index (χ0n) is 14.9. The summed E-state index contributed by atoms with van der Waals surface area (Å²) >= 11 is 0. The Kier molecular flexibility index (Phi) is 3.89. The van der Waals surface area contributed by atoms with E-state index in [-0.39, 0.29) is 5.60 Å². The van der Waals surface area contributed by atoms with E-state index in [9.17, 15) is 0 Å². The molecular weight excluding hydrogens is 324 g/mol. The number of rotatable bonds is 4. The Morgan fingerprint density at radius 3 is 3.00 bits per heavy atom. The zero-order valence-corrected chi connectivity index (χ0v) is 14.9. The van der Waals surface area contributed by atoms with Gasteiger partial charge in [0.1, 0.15) is 5.60 Å². The third kappa shape index (κ3) is 2.86. The molecule has 0 amide bonds. The van der Waals surface area contributed by atoms with Crippen LogP contribution in [-0.4, -0.2) is 46.6 Å². The highest BCUT2D eigenvalue weighted by molar-refractivity contribution is 5.52. The van der Waals surface area contributed by atoms with Gasteiger partial charge >= 0.3 is 0 Å². The van der Waals surface area contributed by atoms with Crippen molar-refractivity contribution in [2.75, 3.05) is 31.5 Å². The molecule has 1 N–H and O–H groups in total. The van der Waals surface area contributed by atoms with Crippen LogP contribution in [0.3, 0.4) is 0 Å². The summed E-state index contributed by atoms with van der Waals surface area (Å²) in [5, 5.41) is 3.43. The molecule has 2 aromatic heterocycles. The van der Waals surface area contributed by atoms with Gasteiger partial charge in [0, 0.05) is 43.4 Å². The van der Waals surface area contributed by atoms with Crippen molar-refractivity contribution in [1.82, 2.24) is 14.9 Å². The van der Waals surface area contributed by atoms with E-state index in [0.717, 1.165) is 36.6 Å². The van der Waals surface area contributed by atoms with E-state index in [2.05, 4.69) is 38.4 Å². The maximum atomic E-state index is 6.41. The van der Waals surface area contributed by atoms with Gasteiger partial charge in [0.15, 0.2) is 0 Å². The van der Waals surface area contributed by atoms with Gasteiger partial charge in [-0.3, -0.25) is 9.88 Å². The molecule has 0 saturated carbocycles. The molecule has 4 aliphatic heterocycles. The van der Waals surface area contributed by atoms with Crippen molar-refractivity contribution in [3.8, 4) is 5.88 Å². The molecule has 4 aliphatic rings. The van der Waals surface area contributed by atoms with Gasteiger partial charge in [-0.15, -0.1) is 0 Å². The Hall–Kier alpha value is -2.40. The normalized spacial score (nSPS) is 29.1. The van der Waals surface area contributed by atoms with Crippen molar-refractivity contribution in [3.63, 3.8) is 0 Å². The van der Waals surface area contributed by atoms with E-state index < -0.39 is 0 Å². The maximum absolute atomic E-state index is 6.41. The molecule has 134 valence electrons. The summed E-state index contributed by atoms with van der Waals surface area (Å²) < 4.78 is 6.41. The summed E-state index contributed by atoms with van der Waals surface area (Å²) in [7, 11) is 0. The second-order valence-corrected chi connectivity index (χ2v) is 7.65. The number of pyridine rings is 2. The van der Waals surface area contributed by atoms with Gasteiger partial charge in [0.05, 0.1) is 11.9 Å². The molecule has 1 atom stereocenters. The summed E-state index contributed by atoms with van der Waals surface area (Å²) in [5.41, 5.74) is 3.39. The van der Waals surface area contributed by atoms with Crippen LogP contribution in [0.15, 0.2) is 42.9 Å². The number of hydrogen-bond donors (Lipinski definition) is 1. The lowest BCUT2D eigenvalue weighted by atomic mass is 9.73. The van der Waals surface area contributed by atoms with Gasteiger partial charge in [0.25, 0.3) is 0 Å². The predicted octanol–water partition coefficient (Wildman–Crippen LogP) is 3.00. The molecule has 2 bridgehead atoms. The number of nitrogens with zero attached hydrogens (tertiary/aromatic N) is 3. The Morgan fingerprint density at radius 1 is 1.31 bits per heavy atom. The van der Waals surface area contributed by atoms with Crippen LogP contribution >= 0.6 is 0 Å². The number of aromatic nitrogens is 2. The van der Waals surface area contributed by atoms with Crippen molar-refractivity contribution in [2.45, 2.75) is 24.9 Å². The smallest absolute Gasteiger partial charge is 0.217 e. The quantitative estimate of drug-likeness (QED) is 0.920. The first-order chi connectivity index (χ1) is 12.8. The Labute approximate surface area is 154 Å². The van der Waals surface area contributed by atoms with Gasteiger partial charge in [-0.05, 0) is 43.6 Å². The van der Waals surface area contributed by atoms with Gasteiger partial charge in [-0.2, -0.15) is 0 Å². The Balaban J connectivity index is 1.24. The first-order valence-corrected chi connectivity index (χ1v) is 9.51. The van der Waals surface area contributed by atoms with Crippen LogP contribution in [0.1, 0.15) is 24.0 Å². The molecule has 5 heteroatoms. The average molecular weight is 348 g/mol. The third-order valence-electron chi connectivity index (χ3n) is 5.96. The monoisotopic (exact) mass is 348 g/mol. The lowest BCUT2D eigenvalue weighted by Gasteiger charge is -2.50. The number of ether oxygens (including phenoxy) is 1. The molecule has 0 aliphatic carbocycles. The van der Waals surface area contributed by atoms with Gasteiger partial charge in [-0.1, -0.05) is 18.2 Å². The lowest BCUT2D eigenvalue weighted by Crippen LogP contribution is -2.61. The largest absolute Gasteiger partial charge is 0.469 e. The molecule has 6 heterocycles. The standard InChI is InChI=1S/C21H24N4O/c1-3-16(13-22-7-1)4-2-8-23-19-11-17-12-21(26-20(17)24-14-19)15-25-9-5-18(21)6-10-25/h1-4,7,11,13-14,18,23H,5-6,8-10,12,15H2/b4-2+/t21-/m0/s1. The molecule has 1 spiro atoms. The topological polar surface area (TPSA) is 50.3 Å². The fraction of sp³-hybridized carbons (Fsp3) is 0.429. The van der Waals surface area contributed by atoms with E-state index in [1.54, 1.807) is 6.20 Å². The molecule has 3 fully saturated rings. The van der Waals surface area contributed by atoms with Crippen molar-refractivity contribution >= 4 is 11.8 Å². The van der Waals surface area contributed by atoms with E-state index in [4.69, 9.17) is 4.74 Å². The van der Waals surface area contributed by atoms with Crippen LogP contribution in [0.4, 0.5) is 5.69 Å². The molecule has 2 aromatic rings. The fourth-order valence-corrected chi connectivity index (χ4v) is 4.65. The molecule has 26 heavy (non-hydrogen) atoms. The molecule has 3 saturated heterocycles. The number of hydrogen-bond acceptors (Lipinski definition) is 5. The Morgan fingerprint density at radius 2 is 2.23 bits per heavy atom. The molecule has 5 nitrogen and oxygen atoms in total. The molecule has 0 aromatic carbocycles. The van der Waals surface area contributed by atoms with E-state index >= 15 is 0 Å².